The maximum Gasteiger partial charge on any atom is 0.220 e. The van der Waals surface area contributed by atoms with Gasteiger partial charge in [-0.25, -0.2) is 0 Å². The molecule has 0 aliphatic carbocycles. The molecule has 3 rings (SSSR count). The van der Waals surface area contributed by atoms with Crippen LogP contribution in [-0.2, 0) is 22.6 Å². The first-order chi connectivity index (χ1) is 14.0. The van der Waals surface area contributed by atoms with Crippen LogP contribution in [0.15, 0.2) is 42.5 Å². The third-order valence-electron chi connectivity index (χ3n) is 5.64. The van der Waals surface area contributed by atoms with E-state index in [-0.39, 0.29) is 24.5 Å². The second-order valence-electron chi connectivity index (χ2n) is 7.81. The first kappa shape index (κ1) is 21.2. The topological polar surface area (TPSA) is 59.8 Å². The van der Waals surface area contributed by atoms with Crippen molar-refractivity contribution in [2.45, 2.75) is 39.8 Å². The van der Waals surface area contributed by atoms with Crippen LogP contribution in [0.2, 0.25) is 0 Å². The van der Waals surface area contributed by atoms with E-state index in [1.165, 1.54) is 10.5 Å². The number of aryl methyl sites for hydroxylation is 2. The summed E-state index contributed by atoms with van der Waals surface area (Å²) in [6, 6.07) is 13.9. The summed E-state index contributed by atoms with van der Waals surface area (Å²) in [5.41, 5.74) is 5.34. The van der Waals surface area contributed by atoms with E-state index in [9.17, 15) is 9.59 Å². The number of benzene rings is 2. The molecule has 0 bridgehead atoms. The van der Waals surface area contributed by atoms with Crippen molar-refractivity contribution in [2.24, 2.45) is 0 Å². The van der Waals surface area contributed by atoms with Crippen LogP contribution in [-0.4, -0.2) is 38.0 Å². The molecule has 2 aromatic carbocycles. The molecule has 2 N–H and O–H groups in total. The lowest BCUT2D eigenvalue weighted by Gasteiger charge is -2.24. The Morgan fingerprint density at radius 1 is 0.966 bits per heavy atom. The SMILES string of the molecule is Cc1ccc(C(=O)CCC(=O)NCc2ccccc2C[NH+]2CCOCC2)cc1C. The molecular formula is C24H31N2O3+. The van der Waals surface area contributed by atoms with E-state index in [1.807, 2.05) is 44.2 Å². The summed E-state index contributed by atoms with van der Waals surface area (Å²) in [5.74, 6) is -0.0738. The summed E-state index contributed by atoms with van der Waals surface area (Å²) in [5, 5.41) is 2.98. The fourth-order valence-corrected chi connectivity index (χ4v) is 3.58. The van der Waals surface area contributed by atoms with Crippen molar-refractivity contribution >= 4 is 11.7 Å². The second kappa shape index (κ2) is 10.3. The van der Waals surface area contributed by atoms with E-state index in [1.54, 1.807) is 0 Å². The van der Waals surface area contributed by atoms with Gasteiger partial charge in [0.05, 0.1) is 13.2 Å². The summed E-state index contributed by atoms with van der Waals surface area (Å²) < 4.78 is 5.43. The quantitative estimate of drug-likeness (QED) is 0.672. The predicted molar refractivity (Wildman–Crippen MR) is 113 cm³/mol. The summed E-state index contributed by atoms with van der Waals surface area (Å²) in [6.07, 6.45) is 0.441. The smallest absolute Gasteiger partial charge is 0.220 e. The van der Waals surface area contributed by atoms with Gasteiger partial charge in [-0.15, -0.1) is 0 Å². The molecule has 0 saturated carbocycles. The largest absolute Gasteiger partial charge is 0.370 e. The Balaban J connectivity index is 1.49. The average Bonchev–Trinajstić information content (AvgIpc) is 2.74. The maximum atomic E-state index is 12.4. The fourth-order valence-electron chi connectivity index (χ4n) is 3.58. The van der Waals surface area contributed by atoms with Gasteiger partial charge in [0.15, 0.2) is 5.78 Å². The Hall–Kier alpha value is -2.50. The zero-order valence-corrected chi connectivity index (χ0v) is 17.4. The summed E-state index contributed by atoms with van der Waals surface area (Å²) in [6.45, 7) is 9.11. The molecule has 0 spiro atoms. The van der Waals surface area contributed by atoms with E-state index in [0.717, 1.165) is 49.5 Å². The Kier molecular flexibility index (Phi) is 7.55. The van der Waals surface area contributed by atoms with Crippen molar-refractivity contribution in [1.82, 2.24) is 5.32 Å². The third-order valence-corrected chi connectivity index (χ3v) is 5.64. The Morgan fingerprint density at radius 2 is 1.69 bits per heavy atom. The van der Waals surface area contributed by atoms with Gasteiger partial charge in [-0.3, -0.25) is 9.59 Å². The molecule has 1 amide bonds. The number of Topliss-reactive ketones (excluding diaryl/α,β-unsaturated/α-hetero) is 1. The van der Waals surface area contributed by atoms with Gasteiger partial charge in [-0.05, 0) is 36.6 Å². The molecule has 154 valence electrons. The molecule has 0 radical (unpaired) electrons. The molecule has 0 unspecified atom stereocenters. The van der Waals surface area contributed by atoms with Gasteiger partial charge in [-0.1, -0.05) is 36.4 Å². The zero-order chi connectivity index (χ0) is 20.6. The van der Waals surface area contributed by atoms with Crippen molar-refractivity contribution in [3.63, 3.8) is 0 Å². The number of hydrogen-bond donors (Lipinski definition) is 2. The van der Waals surface area contributed by atoms with Crippen LogP contribution in [0.25, 0.3) is 0 Å². The van der Waals surface area contributed by atoms with Gasteiger partial charge >= 0.3 is 0 Å². The number of ketones is 1. The minimum Gasteiger partial charge on any atom is -0.370 e. The molecule has 5 nitrogen and oxygen atoms in total. The highest BCUT2D eigenvalue weighted by atomic mass is 16.5. The predicted octanol–water partition coefficient (Wildman–Crippen LogP) is 2.00. The van der Waals surface area contributed by atoms with Crippen LogP contribution < -0.4 is 10.2 Å². The number of rotatable bonds is 8. The Labute approximate surface area is 173 Å². The minimum absolute atomic E-state index is 0.0135. The van der Waals surface area contributed by atoms with Gasteiger partial charge in [-0.2, -0.15) is 0 Å². The molecule has 1 aliphatic heterocycles. The van der Waals surface area contributed by atoms with E-state index in [0.29, 0.717) is 12.1 Å². The van der Waals surface area contributed by atoms with Crippen molar-refractivity contribution in [3.05, 3.63) is 70.3 Å². The number of hydrogen-bond acceptors (Lipinski definition) is 3. The number of quaternary nitrogens is 1. The lowest BCUT2D eigenvalue weighted by Crippen LogP contribution is -3.12. The molecule has 29 heavy (non-hydrogen) atoms. The molecule has 1 aliphatic rings. The maximum absolute atomic E-state index is 12.4. The van der Waals surface area contributed by atoms with Crippen LogP contribution in [0.1, 0.15) is 45.5 Å². The van der Waals surface area contributed by atoms with Gasteiger partial charge in [0, 0.05) is 30.5 Å². The van der Waals surface area contributed by atoms with Gasteiger partial charge in [0.2, 0.25) is 5.91 Å². The summed E-state index contributed by atoms with van der Waals surface area (Å²) in [7, 11) is 0. The number of ether oxygens (including phenoxy) is 1. The Morgan fingerprint density at radius 3 is 2.41 bits per heavy atom. The summed E-state index contributed by atoms with van der Waals surface area (Å²) >= 11 is 0. The third kappa shape index (κ3) is 6.24. The summed E-state index contributed by atoms with van der Waals surface area (Å²) in [4.78, 5) is 26.2. The van der Waals surface area contributed by atoms with Crippen LogP contribution >= 0.6 is 0 Å². The van der Waals surface area contributed by atoms with Crippen molar-refractivity contribution < 1.29 is 19.2 Å². The monoisotopic (exact) mass is 395 g/mol. The number of carbonyl (C=O) groups excluding carboxylic acids is 2. The molecule has 0 aromatic heterocycles. The van der Waals surface area contributed by atoms with E-state index >= 15 is 0 Å². The van der Waals surface area contributed by atoms with Crippen LogP contribution in [0.4, 0.5) is 0 Å². The van der Waals surface area contributed by atoms with Crippen molar-refractivity contribution in [2.75, 3.05) is 26.3 Å². The number of carbonyl (C=O) groups is 2. The van der Waals surface area contributed by atoms with Crippen molar-refractivity contribution in [3.8, 4) is 0 Å². The normalized spacial score (nSPS) is 14.6. The fraction of sp³-hybridized carbons (Fsp3) is 0.417. The minimum atomic E-state index is -0.0873. The van der Waals surface area contributed by atoms with Gasteiger partial charge in [0.25, 0.3) is 0 Å². The zero-order valence-electron chi connectivity index (χ0n) is 17.4. The van der Waals surface area contributed by atoms with E-state index < -0.39 is 0 Å². The standard InChI is InChI=1S/C24H30N2O3/c1-18-7-8-20(15-19(18)2)23(27)9-10-24(28)25-16-21-5-3-4-6-22(21)17-26-11-13-29-14-12-26/h3-8,15H,9-14,16-17H2,1-2H3,(H,25,28)/p+1. The van der Waals surface area contributed by atoms with E-state index in [2.05, 4.69) is 17.4 Å². The first-order valence-electron chi connectivity index (χ1n) is 10.4. The highest BCUT2D eigenvalue weighted by Gasteiger charge is 2.16. The van der Waals surface area contributed by atoms with Crippen molar-refractivity contribution in [1.29, 1.82) is 0 Å². The number of morpholine rings is 1. The lowest BCUT2D eigenvalue weighted by atomic mass is 10.0. The number of nitrogens with one attached hydrogen (secondary N) is 2. The molecule has 1 heterocycles. The molecule has 1 fully saturated rings. The molecular weight excluding hydrogens is 364 g/mol. The van der Waals surface area contributed by atoms with Gasteiger partial charge < -0.3 is 15.0 Å². The van der Waals surface area contributed by atoms with Crippen LogP contribution in [0.3, 0.4) is 0 Å². The van der Waals surface area contributed by atoms with Gasteiger partial charge in [0.1, 0.15) is 19.6 Å². The Bertz CT molecular complexity index is 857. The average molecular weight is 396 g/mol. The lowest BCUT2D eigenvalue weighted by molar-refractivity contribution is -0.921. The highest BCUT2D eigenvalue weighted by Crippen LogP contribution is 2.13. The second-order valence-corrected chi connectivity index (χ2v) is 7.81. The molecule has 0 atom stereocenters. The first-order valence-corrected chi connectivity index (χ1v) is 10.4. The number of amides is 1. The highest BCUT2D eigenvalue weighted by molar-refractivity contribution is 5.98. The molecule has 1 saturated heterocycles. The van der Waals surface area contributed by atoms with E-state index in [4.69, 9.17) is 4.74 Å². The van der Waals surface area contributed by atoms with Crippen LogP contribution in [0, 0.1) is 13.8 Å². The molecule has 5 heteroatoms. The molecule has 2 aromatic rings. The van der Waals surface area contributed by atoms with Crippen LogP contribution in [0.5, 0.6) is 0 Å².